The number of aromatic nitrogens is 2. The molecule has 1 atom stereocenters. The molecule has 0 radical (unpaired) electrons. The molecule has 6 heteroatoms. The van der Waals surface area contributed by atoms with Crippen molar-refractivity contribution in [1.29, 1.82) is 0 Å². The predicted octanol–water partition coefficient (Wildman–Crippen LogP) is 0.874. The van der Waals surface area contributed by atoms with Gasteiger partial charge in [0.15, 0.2) is 0 Å². The zero-order chi connectivity index (χ0) is 10.7. The van der Waals surface area contributed by atoms with Gasteiger partial charge < -0.3 is 16.0 Å². The van der Waals surface area contributed by atoms with E-state index in [1.807, 2.05) is 0 Å². The number of nitrogens with one attached hydrogen (secondary N) is 1. The number of anilines is 2. The molecule has 1 aliphatic rings. The largest absolute Gasteiger partial charge is 0.367 e. The summed E-state index contributed by atoms with van der Waals surface area (Å²) in [4.78, 5) is 6.54. The minimum absolute atomic E-state index is 0.365. The molecule has 0 saturated carbocycles. The number of likely N-dealkylation sites (tertiary alicyclic amines) is 1. The van der Waals surface area contributed by atoms with Crippen LogP contribution >= 0.6 is 11.5 Å². The van der Waals surface area contributed by atoms with E-state index in [0.29, 0.717) is 5.95 Å². The number of nitrogens with two attached hydrogens (primary N) is 1. The van der Waals surface area contributed by atoms with Gasteiger partial charge >= 0.3 is 0 Å². The Bertz CT molecular complexity index is 313. The number of nitrogen functional groups attached to an aromatic ring is 1. The molecule has 0 aromatic carbocycles. The monoisotopic (exact) mass is 227 g/mol. The number of hydrogen-bond acceptors (Lipinski definition) is 6. The van der Waals surface area contributed by atoms with E-state index < -0.39 is 0 Å². The van der Waals surface area contributed by atoms with Crippen molar-refractivity contribution in [1.82, 2.24) is 14.3 Å². The first-order valence-electron chi connectivity index (χ1n) is 5.33. The lowest BCUT2D eigenvalue weighted by atomic mass is 10.1. The van der Waals surface area contributed by atoms with E-state index in [2.05, 4.69) is 26.5 Å². The Balaban J connectivity index is 1.75. The smallest absolute Gasteiger partial charge is 0.233 e. The van der Waals surface area contributed by atoms with Crippen LogP contribution in [0.15, 0.2) is 0 Å². The van der Waals surface area contributed by atoms with Crippen LogP contribution in [-0.4, -0.2) is 40.4 Å². The van der Waals surface area contributed by atoms with Crippen molar-refractivity contribution in [3.05, 3.63) is 0 Å². The fraction of sp³-hybridized carbons (Fsp3) is 0.778. The van der Waals surface area contributed by atoms with Crippen molar-refractivity contribution in [3.63, 3.8) is 0 Å². The second-order valence-corrected chi connectivity index (χ2v) is 4.64. The number of nitrogens with zero attached hydrogens (tertiary/aromatic N) is 3. The van der Waals surface area contributed by atoms with Crippen LogP contribution in [0.2, 0.25) is 0 Å². The van der Waals surface area contributed by atoms with Gasteiger partial charge in [0.25, 0.3) is 0 Å². The number of hydrogen-bond donors (Lipinski definition) is 2. The highest BCUT2D eigenvalue weighted by Crippen LogP contribution is 2.18. The molecule has 0 amide bonds. The third-order valence-electron chi connectivity index (χ3n) is 2.80. The summed E-state index contributed by atoms with van der Waals surface area (Å²) in [5.74, 6) is 1.10. The van der Waals surface area contributed by atoms with Gasteiger partial charge in [-0.1, -0.05) is 6.92 Å². The Kier molecular flexibility index (Phi) is 3.37. The molecule has 1 unspecified atom stereocenters. The number of rotatable bonds is 4. The van der Waals surface area contributed by atoms with E-state index in [-0.39, 0.29) is 0 Å². The van der Waals surface area contributed by atoms with Crippen LogP contribution in [0.3, 0.4) is 0 Å². The van der Waals surface area contributed by atoms with Gasteiger partial charge in [-0.25, -0.2) is 0 Å². The Labute approximate surface area is 93.9 Å². The third kappa shape index (κ3) is 2.79. The van der Waals surface area contributed by atoms with Crippen LogP contribution in [0.25, 0.3) is 0 Å². The van der Waals surface area contributed by atoms with Crippen LogP contribution in [0.1, 0.15) is 13.3 Å². The standard InChI is InChI=1S/C9H17N5S/c1-2-14-4-3-7(6-14)5-11-9-12-8(10)13-15-9/h7H,2-6H2,1H3,(H3,10,11,12,13). The summed E-state index contributed by atoms with van der Waals surface area (Å²) in [6, 6.07) is 0. The molecule has 2 rings (SSSR count). The van der Waals surface area contributed by atoms with Gasteiger partial charge in [0.2, 0.25) is 11.1 Å². The van der Waals surface area contributed by atoms with Crippen molar-refractivity contribution >= 4 is 22.6 Å². The summed E-state index contributed by atoms with van der Waals surface area (Å²) in [7, 11) is 0. The zero-order valence-electron chi connectivity index (χ0n) is 8.94. The third-order valence-corrected chi connectivity index (χ3v) is 3.49. The van der Waals surface area contributed by atoms with Gasteiger partial charge in [-0.05, 0) is 25.4 Å². The first-order chi connectivity index (χ1) is 7.28. The summed E-state index contributed by atoms with van der Waals surface area (Å²) in [5, 5.41) is 4.13. The summed E-state index contributed by atoms with van der Waals surface area (Å²) in [6.45, 7) is 6.76. The fourth-order valence-electron chi connectivity index (χ4n) is 1.91. The van der Waals surface area contributed by atoms with E-state index in [0.717, 1.165) is 24.1 Å². The lowest BCUT2D eigenvalue weighted by molar-refractivity contribution is 0.345. The van der Waals surface area contributed by atoms with Crippen LogP contribution in [0.5, 0.6) is 0 Å². The minimum Gasteiger partial charge on any atom is -0.367 e. The van der Waals surface area contributed by atoms with E-state index in [1.165, 1.54) is 31.0 Å². The fourth-order valence-corrected chi connectivity index (χ4v) is 2.41. The topological polar surface area (TPSA) is 67.1 Å². The van der Waals surface area contributed by atoms with Crippen LogP contribution < -0.4 is 11.1 Å². The maximum Gasteiger partial charge on any atom is 0.233 e. The van der Waals surface area contributed by atoms with Crippen molar-refractivity contribution in [2.75, 3.05) is 37.2 Å². The Hall–Kier alpha value is -0.880. The van der Waals surface area contributed by atoms with E-state index >= 15 is 0 Å². The molecule has 0 spiro atoms. The van der Waals surface area contributed by atoms with Crippen LogP contribution in [0.4, 0.5) is 11.1 Å². The van der Waals surface area contributed by atoms with Gasteiger partial charge in [0.05, 0.1) is 0 Å². The normalized spacial score (nSPS) is 22.1. The van der Waals surface area contributed by atoms with E-state index in [1.54, 1.807) is 0 Å². The second kappa shape index (κ2) is 4.76. The molecule has 1 aromatic rings. The summed E-state index contributed by atoms with van der Waals surface area (Å²) in [5.41, 5.74) is 5.45. The molecular formula is C9H17N5S. The zero-order valence-corrected chi connectivity index (χ0v) is 9.76. The van der Waals surface area contributed by atoms with Gasteiger partial charge in [-0.2, -0.15) is 9.36 Å². The van der Waals surface area contributed by atoms with Crippen molar-refractivity contribution in [3.8, 4) is 0 Å². The molecule has 15 heavy (non-hydrogen) atoms. The molecule has 5 nitrogen and oxygen atoms in total. The Morgan fingerprint density at radius 3 is 3.13 bits per heavy atom. The quantitative estimate of drug-likeness (QED) is 0.799. The average molecular weight is 227 g/mol. The lowest BCUT2D eigenvalue weighted by Gasteiger charge is -2.12. The van der Waals surface area contributed by atoms with Gasteiger partial charge in [0.1, 0.15) is 0 Å². The highest BCUT2D eigenvalue weighted by Gasteiger charge is 2.20. The van der Waals surface area contributed by atoms with Crippen LogP contribution in [-0.2, 0) is 0 Å². The van der Waals surface area contributed by atoms with Gasteiger partial charge in [-0.15, -0.1) is 0 Å². The first-order valence-corrected chi connectivity index (χ1v) is 6.10. The Morgan fingerprint density at radius 1 is 1.67 bits per heavy atom. The molecule has 2 heterocycles. The van der Waals surface area contributed by atoms with E-state index in [9.17, 15) is 0 Å². The first kappa shape index (κ1) is 10.6. The van der Waals surface area contributed by atoms with Gasteiger partial charge in [0, 0.05) is 24.6 Å². The van der Waals surface area contributed by atoms with E-state index in [4.69, 9.17) is 5.73 Å². The minimum atomic E-state index is 0.365. The summed E-state index contributed by atoms with van der Waals surface area (Å²) >= 11 is 1.33. The highest BCUT2D eigenvalue weighted by atomic mass is 32.1. The molecule has 3 N–H and O–H groups in total. The van der Waals surface area contributed by atoms with Crippen LogP contribution in [0, 0.1) is 5.92 Å². The highest BCUT2D eigenvalue weighted by molar-refractivity contribution is 7.09. The van der Waals surface area contributed by atoms with Crippen molar-refractivity contribution in [2.24, 2.45) is 5.92 Å². The summed E-state index contributed by atoms with van der Waals surface area (Å²) in [6.07, 6.45) is 1.27. The predicted molar refractivity (Wildman–Crippen MR) is 63.0 cm³/mol. The molecule has 84 valence electrons. The second-order valence-electron chi connectivity index (χ2n) is 3.89. The maximum atomic E-state index is 5.45. The molecule has 1 aromatic heterocycles. The van der Waals surface area contributed by atoms with Gasteiger partial charge in [-0.3, -0.25) is 0 Å². The SMILES string of the molecule is CCN1CCC(CNc2nc(N)ns2)C1. The van der Waals surface area contributed by atoms with Crippen molar-refractivity contribution < 1.29 is 0 Å². The molecule has 1 aliphatic heterocycles. The molecular weight excluding hydrogens is 210 g/mol. The maximum absolute atomic E-state index is 5.45. The lowest BCUT2D eigenvalue weighted by Crippen LogP contribution is -2.22. The Morgan fingerprint density at radius 2 is 2.53 bits per heavy atom. The van der Waals surface area contributed by atoms with Crippen molar-refractivity contribution in [2.45, 2.75) is 13.3 Å². The molecule has 0 aliphatic carbocycles. The molecule has 1 fully saturated rings. The average Bonchev–Trinajstić information content (AvgIpc) is 2.83. The molecule has 0 bridgehead atoms. The summed E-state index contributed by atoms with van der Waals surface area (Å²) < 4.78 is 3.93. The molecule has 1 saturated heterocycles.